The Hall–Kier alpha value is -2.63. The molecule has 0 rings (SSSR count). The summed E-state index contributed by atoms with van der Waals surface area (Å²) in [6.45, 7) is 6.54. The monoisotopic (exact) mass is 925 g/mol. The average molecular weight is 926 g/mol. The number of hydrogen-bond donors (Lipinski definition) is 0. The van der Waals surface area contributed by atoms with Crippen LogP contribution >= 0.6 is 0 Å². The summed E-state index contributed by atoms with van der Waals surface area (Å²) in [4.78, 5) is 38.0. The third-order valence-corrected chi connectivity index (χ3v) is 12.6. The fourth-order valence-electron chi connectivity index (χ4n) is 8.32. The van der Waals surface area contributed by atoms with Gasteiger partial charge in [0.2, 0.25) is 0 Å². The van der Waals surface area contributed by atoms with Crippen LogP contribution in [0.1, 0.15) is 297 Å². The number of carbonyl (C=O) groups is 3. The highest BCUT2D eigenvalue weighted by Gasteiger charge is 2.19. The highest BCUT2D eigenvalue weighted by atomic mass is 16.6. The van der Waals surface area contributed by atoms with Gasteiger partial charge in [-0.25, -0.2) is 0 Å². The van der Waals surface area contributed by atoms with Crippen LogP contribution in [-0.4, -0.2) is 37.2 Å². The number of unbranched alkanes of at least 4 members (excludes halogenated alkanes) is 33. The molecule has 0 aliphatic rings. The number of carbonyl (C=O) groups excluding carboxylic acids is 3. The van der Waals surface area contributed by atoms with Crippen molar-refractivity contribution >= 4 is 17.9 Å². The van der Waals surface area contributed by atoms with Crippen LogP contribution in [0.3, 0.4) is 0 Å². The normalized spacial score (nSPS) is 12.3. The van der Waals surface area contributed by atoms with Gasteiger partial charge in [0.1, 0.15) is 13.2 Å². The van der Waals surface area contributed by atoms with Crippen LogP contribution in [0.4, 0.5) is 0 Å². The second-order valence-electron chi connectivity index (χ2n) is 19.2. The van der Waals surface area contributed by atoms with Gasteiger partial charge in [-0.1, -0.05) is 268 Å². The van der Waals surface area contributed by atoms with Crippen molar-refractivity contribution < 1.29 is 28.6 Å². The van der Waals surface area contributed by atoms with Crippen LogP contribution in [0.15, 0.2) is 48.6 Å². The van der Waals surface area contributed by atoms with Gasteiger partial charge in [0, 0.05) is 19.3 Å². The van der Waals surface area contributed by atoms with Crippen molar-refractivity contribution in [1.82, 2.24) is 0 Å². The molecule has 6 heteroatoms. The lowest BCUT2D eigenvalue weighted by Crippen LogP contribution is -2.30. The number of allylic oxidation sites excluding steroid dienone is 8. The first-order valence-corrected chi connectivity index (χ1v) is 28.6. The van der Waals surface area contributed by atoms with Gasteiger partial charge >= 0.3 is 17.9 Å². The van der Waals surface area contributed by atoms with Gasteiger partial charge in [-0.15, -0.1) is 0 Å². The van der Waals surface area contributed by atoms with Crippen molar-refractivity contribution in [2.45, 2.75) is 303 Å². The third-order valence-electron chi connectivity index (χ3n) is 12.6. The Kier molecular flexibility index (Phi) is 52.8. The molecule has 66 heavy (non-hydrogen) atoms. The number of ether oxygens (including phenoxy) is 3. The highest BCUT2D eigenvalue weighted by molar-refractivity contribution is 5.71. The van der Waals surface area contributed by atoms with E-state index in [9.17, 15) is 14.4 Å². The van der Waals surface area contributed by atoms with E-state index < -0.39 is 6.10 Å². The molecule has 0 radical (unpaired) electrons. The van der Waals surface area contributed by atoms with Gasteiger partial charge in [0.05, 0.1) is 0 Å². The summed E-state index contributed by atoms with van der Waals surface area (Å²) >= 11 is 0. The van der Waals surface area contributed by atoms with Gasteiger partial charge in [-0.05, 0) is 57.8 Å². The van der Waals surface area contributed by atoms with E-state index in [0.29, 0.717) is 19.3 Å². The molecule has 0 aliphatic heterocycles. The molecular weight excluding hydrogens is 817 g/mol. The first-order chi connectivity index (χ1) is 32.5. The zero-order chi connectivity index (χ0) is 47.9. The molecule has 6 nitrogen and oxygen atoms in total. The van der Waals surface area contributed by atoms with Crippen LogP contribution in [0.25, 0.3) is 0 Å². The SMILES string of the molecule is CC/C=C\C/C=C\C/C=C\C/C=C\CCCCCCCCCCCCCCC(=O)OCC(COC(=O)CCCCCCCCCCC)OC(=O)CCCCCCCCCCCCCCCC. The fourth-order valence-corrected chi connectivity index (χ4v) is 8.32. The lowest BCUT2D eigenvalue weighted by atomic mass is 10.0. The van der Waals surface area contributed by atoms with Crippen molar-refractivity contribution in [2.75, 3.05) is 13.2 Å². The molecule has 0 aromatic rings. The number of rotatable bonds is 52. The maximum atomic E-state index is 12.8. The maximum absolute atomic E-state index is 12.8. The van der Waals surface area contributed by atoms with Crippen LogP contribution in [0, 0.1) is 0 Å². The molecule has 1 atom stereocenters. The van der Waals surface area contributed by atoms with Crippen molar-refractivity contribution in [3.63, 3.8) is 0 Å². The standard InChI is InChI=1S/C60H108O6/c1-4-7-10-13-16-19-21-23-25-26-27-28-29-30-31-32-33-34-35-37-38-41-44-47-50-53-59(62)65-56-57(55-64-58(61)52-49-46-43-40-18-15-12-9-6-3)66-60(63)54-51-48-45-42-39-36-24-22-20-17-14-11-8-5-2/h7,10,16,19,23,25,27-28,57H,4-6,8-9,11-15,17-18,20-22,24,26,29-56H2,1-3H3/b10-7-,19-16-,25-23-,28-27-. The van der Waals surface area contributed by atoms with Gasteiger partial charge in [0.25, 0.3) is 0 Å². The summed E-state index contributed by atoms with van der Waals surface area (Å²) in [5.74, 6) is -0.859. The molecule has 0 bridgehead atoms. The minimum Gasteiger partial charge on any atom is -0.462 e. The van der Waals surface area contributed by atoms with E-state index in [2.05, 4.69) is 69.4 Å². The average Bonchev–Trinajstić information content (AvgIpc) is 3.31. The minimum atomic E-state index is -0.767. The Morgan fingerprint density at radius 1 is 0.318 bits per heavy atom. The van der Waals surface area contributed by atoms with Gasteiger partial charge in [0.15, 0.2) is 6.10 Å². The molecule has 0 N–H and O–H groups in total. The molecule has 0 amide bonds. The molecular formula is C60H108O6. The second-order valence-corrected chi connectivity index (χ2v) is 19.2. The van der Waals surface area contributed by atoms with Crippen LogP contribution in [-0.2, 0) is 28.6 Å². The first-order valence-electron chi connectivity index (χ1n) is 28.6. The van der Waals surface area contributed by atoms with Crippen molar-refractivity contribution in [3.05, 3.63) is 48.6 Å². The predicted molar refractivity (Wildman–Crippen MR) is 284 cm³/mol. The quantitative estimate of drug-likeness (QED) is 0.0262. The zero-order valence-electron chi connectivity index (χ0n) is 44.0. The zero-order valence-corrected chi connectivity index (χ0v) is 44.0. The van der Waals surface area contributed by atoms with Gasteiger partial charge in [-0.3, -0.25) is 14.4 Å². The Bertz CT molecular complexity index is 1150. The first kappa shape index (κ1) is 63.4. The molecule has 0 saturated carbocycles. The smallest absolute Gasteiger partial charge is 0.306 e. The second kappa shape index (κ2) is 55.0. The molecule has 0 spiro atoms. The summed E-state index contributed by atoms with van der Waals surface area (Å²) in [5, 5.41) is 0. The molecule has 0 saturated heterocycles. The Morgan fingerprint density at radius 2 is 0.591 bits per heavy atom. The van der Waals surface area contributed by atoms with E-state index in [1.54, 1.807) is 0 Å². The van der Waals surface area contributed by atoms with E-state index in [0.717, 1.165) is 83.5 Å². The molecule has 0 aliphatic carbocycles. The number of esters is 3. The Balaban J connectivity index is 4.17. The van der Waals surface area contributed by atoms with Crippen LogP contribution in [0.2, 0.25) is 0 Å². The van der Waals surface area contributed by atoms with E-state index in [1.807, 2.05) is 0 Å². The summed E-state index contributed by atoms with van der Waals surface area (Å²) < 4.78 is 16.8. The molecule has 1 unspecified atom stereocenters. The van der Waals surface area contributed by atoms with Crippen molar-refractivity contribution in [2.24, 2.45) is 0 Å². The van der Waals surface area contributed by atoms with Crippen molar-refractivity contribution in [3.8, 4) is 0 Å². The van der Waals surface area contributed by atoms with Crippen molar-refractivity contribution in [1.29, 1.82) is 0 Å². The summed E-state index contributed by atoms with van der Waals surface area (Å²) in [5.41, 5.74) is 0. The minimum absolute atomic E-state index is 0.0687. The molecule has 0 aromatic heterocycles. The van der Waals surface area contributed by atoms with Gasteiger partial charge < -0.3 is 14.2 Å². The molecule has 0 aromatic carbocycles. The van der Waals surface area contributed by atoms with E-state index in [-0.39, 0.29) is 31.1 Å². The predicted octanol–water partition coefficient (Wildman–Crippen LogP) is 19.0. The number of hydrogen-bond acceptors (Lipinski definition) is 6. The largest absolute Gasteiger partial charge is 0.462 e. The molecule has 0 fully saturated rings. The lowest BCUT2D eigenvalue weighted by molar-refractivity contribution is -0.167. The van der Waals surface area contributed by atoms with E-state index in [1.165, 1.54) is 173 Å². The highest BCUT2D eigenvalue weighted by Crippen LogP contribution is 2.16. The lowest BCUT2D eigenvalue weighted by Gasteiger charge is -2.18. The van der Waals surface area contributed by atoms with Gasteiger partial charge in [-0.2, -0.15) is 0 Å². The third kappa shape index (κ3) is 52.3. The van der Waals surface area contributed by atoms with E-state index >= 15 is 0 Å². The topological polar surface area (TPSA) is 78.9 Å². The summed E-state index contributed by atoms with van der Waals surface area (Å²) in [6.07, 6.45) is 66.8. The maximum Gasteiger partial charge on any atom is 0.306 e. The Morgan fingerprint density at radius 3 is 0.924 bits per heavy atom. The summed E-state index contributed by atoms with van der Waals surface area (Å²) in [6, 6.07) is 0. The summed E-state index contributed by atoms with van der Waals surface area (Å²) in [7, 11) is 0. The fraction of sp³-hybridized carbons (Fsp3) is 0.817. The van der Waals surface area contributed by atoms with E-state index in [4.69, 9.17) is 14.2 Å². The Labute approximate surface area is 409 Å². The van der Waals surface area contributed by atoms with Crippen LogP contribution < -0.4 is 0 Å². The molecule has 384 valence electrons. The van der Waals surface area contributed by atoms with Crippen LogP contribution in [0.5, 0.6) is 0 Å². The molecule has 0 heterocycles.